The number of benzene rings is 1. The van der Waals surface area contributed by atoms with E-state index in [0.717, 1.165) is 5.69 Å². The first-order valence-electron chi connectivity index (χ1n) is 6.05. The van der Waals surface area contributed by atoms with Crippen molar-refractivity contribution in [3.63, 3.8) is 0 Å². The highest BCUT2D eigenvalue weighted by Gasteiger charge is 2.13. The normalized spacial score (nSPS) is 10.6. The first kappa shape index (κ1) is 13.5. The number of hydrogen-bond donors (Lipinski definition) is 1. The van der Waals surface area contributed by atoms with Crippen molar-refractivity contribution in [3.8, 4) is 5.69 Å². The number of carbonyl (C=O) groups is 1. The molecular formula is C13H10BrN5O2. The lowest BCUT2D eigenvalue weighted by Gasteiger charge is -2.07. The summed E-state index contributed by atoms with van der Waals surface area (Å²) in [4.78, 5) is 12.1. The van der Waals surface area contributed by atoms with Crippen LogP contribution in [-0.4, -0.2) is 26.1 Å². The fourth-order valence-corrected chi connectivity index (χ4v) is 2.26. The largest absolute Gasteiger partial charge is 0.457 e. The Balaban J connectivity index is 1.86. The second-order valence-electron chi connectivity index (χ2n) is 4.25. The molecule has 0 unspecified atom stereocenters. The van der Waals surface area contributed by atoms with Gasteiger partial charge < -0.3 is 9.73 Å². The molecule has 1 aromatic carbocycles. The molecular weight excluding hydrogens is 338 g/mol. The van der Waals surface area contributed by atoms with Crippen molar-refractivity contribution in [2.24, 2.45) is 0 Å². The molecule has 0 spiro atoms. The molecule has 2 heterocycles. The smallest absolute Gasteiger partial charge is 0.260 e. The van der Waals surface area contributed by atoms with Gasteiger partial charge in [0.15, 0.2) is 10.5 Å². The Labute approximate surface area is 128 Å². The van der Waals surface area contributed by atoms with Gasteiger partial charge in [-0.05, 0) is 57.5 Å². The number of anilines is 1. The van der Waals surface area contributed by atoms with Gasteiger partial charge in [-0.3, -0.25) is 4.79 Å². The summed E-state index contributed by atoms with van der Waals surface area (Å²) in [5, 5.41) is 14.1. The zero-order valence-corrected chi connectivity index (χ0v) is 12.5. The van der Waals surface area contributed by atoms with Crippen molar-refractivity contribution >= 4 is 27.5 Å². The van der Waals surface area contributed by atoms with Crippen molar-refractivity contribution in [1.82, 2.24) is 20.2 Å². The first-order chi connectivity index (χ1) is 10.1. The summed E-state index contributed by atoms with van der Waals surface area (Å²) in [5.74, 6) is 0.400. The predicted molar refractivity (Wildman–Crippen MR) is 78.3 cm³/mol. The minimum atomic E-state index is -0.263. The fraction of sp³-hybridized carbons (Fsp3) is 0.0769. The SMILES string of the molecule is Cc1nnnn1-c1cccc(NC(=O)c2ccoc2Br)c1. The number of halogens is 1. The van der Waals surface area contributed by atoms with Gasteiger partial charge in [0.05, 0.1) is 17.5 Å². The molecule has 7 nitrogen and oxygen atoms in total. The van der Waals surface area contributed by atoms with Crippen molar-refractivity contribution in [2.75, 3.05) is 5.32 Å². The number of furan rings is 1. The van der Waals surface area contributed by atoms with Crippen LogP contribution in [0.5, 0.6) is 0 Å². The second kappa shape index (κ2) is 5.49. The molecule has 0 saturated carbocycles. The molecule has 3 aromatic rings. The lowest BCUT2D eigenvalue weighted by atomic mass is 10.2. The van der Waals surface area contributed by atoms with E-state index in [4.69, 9.17) is 4.42 Å². The number of carbonyl (C=O) groups excluding carboxylic acids is 1. The number of hydrogen-bond acceptors (Lipinski definition) is 5. The maximum Gasteiger partial charge on any atom is 0.260 e. The van der Waals surface area contributed by atoms with Crippen LogP contribution in [0.25, 0.3) is 5.69 Å². The van der Waals surface area contributed by atoms with Crippen LogP contribution in [0.2, 0.25) is 0 Å². The Kier molecular flexibility index (Phi) is 3.53. The number of nitrogens with one attached hydrogen (secondary N) is 1. The first-order valence-corrected chi connectivity index (χ1v) is 6.84. The molecule has 0 aliphatic rings. The lowest BCUT2D eigenvalue weighted by molar-refractivity contribution is 0.102. The van der Waals surface area contributed by atoms with E-state index >= 15 is 0 Å². The Morgan fingerprint density at radius 3 is 2.90 bits per heavy atom. The van der Waals surface area contributed by atoms with E-state index < -0.39 is 0 Å². The Morgan fingerprint density at radius 1 is 1.38 bits per heavy atom. The number of tetrazole rings is 1. The molecule has 0 atom stereocenters. The fourth-order valence-electron chi connectivity index (χ4n) is 1.84. The summed E-state index contributed by atoms with van der Waals surface area (Å²) in [6, 6.07) is 8.84. The van der Waals surface area contributed by atoms with Gasteiger partial charge in [0.2, 0.25) is 0 Å². The molecule has 1 N–H and O–H groups in total. The van der Waals surface area contributed by atoms with E-state index in [0.29, 0.717) is 21.7 Å². The molecule has 1 amide bonds. The third-order valence-corrected chi connectivity index (χ3v) is 3.45. The topological polar surface area (TPSA) is 85.8 Å². The van der Waals surface area contributed by atoms with Crippen LogP contribution >= 0.6 is 15.9 Å². The summed E-state index contributed by atoms with van der Waals surface area (Å²) in [6.45, 7) is 1.80. The predicted octanol–water partition coefficient (Wildman–Crippen LogP) is 2.58. The van der Waals surface area contributed by atoms with Crippen molar-refractivity contribution in [3.05, 3.63) is 52.7 Å². The Bertz CT molecular complexity index is 795. The molecule has 0 fully saturated rings. The van der Waals surface area contributed by atoms with E-state index in [1.165, 1.54) is 6.26 Å². The van der Waals surface area contributed by atoms with E-state index in [9.17, 15) is 4.79 Å². The Hall–Kier alpha value is -2.48. The third kappa shape index (κ3) is 2.70. The standard InChI is InChI=1S/C13H10BrN5O2/c1-8-16-17-18-19(8)10-4-2-3-9(7-10)15-13(20)11-5-6-21-12(11)14/h2-7H,1H3,(H,15,20). The molecule has 0 aliphatic heterocycles. The van der Waals surface area contributed by atoms with Crippen molar-refractivity contribution < 1.29 is 9.21 Å². The van der Waals surface area contributed by atoms with E-state index in [2.05, 4.69) is 36.8 Å². The highest BCUT2D eigenvalue weighted by Crippen LogP contribution is 2.20. The summed E-state index contributed by atoms with van der Waals surface area (Å²) in [6.07, 6.45) is 1.44. The Morgan fingerprint density at radius 2 is 2.24 bits per heavy atom. The highest BCUT2D eigenvalue weighted by atomic mass is 79.9. The number of aryl methyl sites for hydroxylation is 1. The molecule has 8 heteroatoms. The summed E-state index contributed by atoms with van der Waals surface area (Å²) in [7, 11) is 0. The summed E-state index contributed by atoms with van der Waals surface area (Å²) in [5.41, 5.74) is 1.83. The maximum absolute atomic E-state index is 12.1. The van der Waals surface area contributed by atoms with E-state index in [1.807, 2.05) is 12.1 Å². The van der Waals surface area contributed by atoms with Gasteiger partial charge in [0.25, 0.3) is 5.91 Å². The second-order valence-corrected chi connectivity index (χ2v) is 4.97. The van der Waals surface area contributed by atoms with Gasteiger partial charge in [-0.25, -0.2) is 0 Å². The van der Waals surface area contributed by atoms with Gasteiger partial charge in [0.1, 0.15) is 0 Å². The third-order valence-electron chi connectivity index (χ3n) is 2.84. The van der Waals surface area contributed by atoms with Crippen LogP contribution in [0.4, 0.5) is 5.69 Å². The van der Waals surface area contributed by atoms with Crippen molar-refractivity contribution in [1.29, 1.82) is 0 Å². The average molecular weight is 348 g/mol. The van der Waals surface area contributed by atoms with Gasteiger partial charge in [0, 0.05) is 5.69 Å². The molecule has 3 rings (SSSR count). The molecule has 0 saturated heterocycles. The number of rotatable bonds is 3. The molecule has 0 aliphatic carbocycles. The zero-order valence-electron chi connectivity index (χ0n) is 10.9. The molecule has 0 radical (unpaired) electrons. The van der Waals surface area contributed by atoms with Crippen LogP contribution in [0.1, 0.15) is 16.2 Å². The van der Waals surface area contributed by atoms with E-state index in [-0.39, 0.29) is 5.91 Å². The van der Waals surface area contributed by atoms with Crippen molar-refractivity contribution in [2.45, 2.75) is 6.92 Å². The zero-order chi connectivity index (χ0) is 14.8. The van der Waals surface area contributed by atoms with Crippen LogP contribution in [0.15, 0.2) is 45.7 Å². The summed E-state index contributed by atoms with van der Waals surface area (Å²) < 4.78 is 7.03. The number of amides is 1. The lowest BCUT2D eigenvalue weighted by Crippen LogP contribution is -2.12. The molecule has 2 aromatic heterocycles. The van der Waals surface area contributed by atoms with Gasteiger partial charge >= 0.3 is 0 Å². The highest BCUT2D eigenvalue weighted by molar-refractivity contribution is 9.10. The van der Waals surface area contributed by atoms with Gasteiger partial charge in [-0.15, -0.1) is 5.10 Å². The quantitative estimate of drug-likeness (QED) is 0.786. The number of nitrogens with zero attached hydrogens (tertiary/aromatic N) is 4. The summed E-state index contributed by atoms with van der Waals surface area (Å²) >= 11 is 3.18. The maximum atomic E-state index is 12.1. The van der Waals surface area contributed by atoms with Gasteiger partial charge in [-0.1, -0.05) is 6.07 Å². The monoisotopic (exact) mass is 347 g/mol. The number of aromatic nitrogens is 4. The van der Waals surface area contributed by atoms with E-state index in [1.54, 1.807) is 29.8 Å². The van der Waals surface area contributed by atoms with Crippen LogP contribution in [0, 0.1) is 6.92 Å². The van der Waals surface area contributed by atoms with Crippen LogP contribution < -0.4 is 5.32 Å². The van der Waals surface area contributed by atoms with Crippen LogP contribution in [-0.2, 0) is 0 Å². The van der Waals surface area contributed by atoms with Gasteiger partial charge in [-0.2, -0.15) is 4.68 Å². The minimum Gasteiger partial charge on any atom is -0.457 e. The molecule has 21 heavy (non-hydrogen) atoms. The average Bonchev–Trinajstić information content (AvgIpc) is 3.07. The minimum absolute atomic E-state index is 0.263. The van der Waals surface area contributed by atoms with Crippen LogP contribution in [0.3, 0.4) is 0 Å². The molecule has 106 valence electrons. The molecule has 0 bridgehead atoms.